The van der Waals surface area contributed by atoms with Crippen LogP contribution >= 0.6 is 11.8 Å². The van der Waals surface area contributed by atoms with Gasteiger partial charge in [-0.15, -0.1) is 0 Å². The Kier molecular flexibility index (Phi) is 4.74. The van der Waals surface area contributed by atoms with E-state index >= 15 is 0 Å². The molecule has 1 aliphatic carbocycles. The molecule has 0 aromatic heterocycles. The first kappa shape index (κ1) is 12.3. The number of aliphatic hydroxyl groups excluding tert-OH is 1. The minimum atomic E-state index is 0.302. The van der Waals surface area contributed by atoms with Crippen LogP contribution in [0.2, 0.25) is 0 Å². The molecule has 0 aliphatic heterocycles. The number of hydrogen-bond acceptors (Lipinski definition) is 3. The van der Waals surface area contributed by atoms with Crippen molar-refractivity contribution in [2.75, 3.05) is 25.4 Å². The van der Waals surface area contributed by atoms with Gasteiger partial charge in [0.1, 0.15) is 0 Å². The van der Waals surface area contributed by atoms with Crippen LogP contribution in [0, 0.1) is 0 Å². The third-order valence-corrected chi connectivity index (χ3v) is 3.62. The molecule has 84 valence electrons. The summed E-state index contributed by atoms with van der Waals surface area (Å²) in [5, 5.41) is 8.92. The summed E-state index contributed by atoms with van der Waals surface area (Å²) in [5.74, 6) is 1.18. The van der Waals surface area contributed by atoms with Crippen LogP contribution in [-0.4, -0.2) is 46.2 Å². The maximum absolute atomic E-state index is 8.92. The lowest BCUT2D eigenvalue weighted by atomic mass is 10.3. The quantitative estimate of drug-likeness (QED) is 0.736. The van der Waals surface area contributed by atoms with Crippen molar-refractivity contribution in [1.82, 2.24) is 4.90 Å². The lowest BCUT2D eigenvalue weighted by Crippen LogP contribution is -2.32. The van der Waals surface area contributed by atoms with Crippen LogP contribution in [-0.2, 0) is 0 Å². The Morgan fingerprint density at radius 1 is 1.29 bits per heavy atom. The highest BCUT2D eigenvalue weighted by molar-refractivity contribution is 8.00. The fourth-order valence-corrected chi connectivity index (χ4v) is 2.45. The van der Waals surface area contributed by atoms with Crippen LogP contribution < -0.4 is 0 Å². The average Bonchev–Trinajstić information content (AvgIpc) is 2.83. The van der Waals surface area contributed by atoms with E-state index in [-0.39, 0.29) is 0 Å². The summed E-state index contributed by atoms with van der Waals surface area (Å²) in [6, 6.07) is 0.780. The molecule has 0 heterocycles. The van der Waals surface area contributed by atoms with Gasteiger partial charge in [0.05, 0.1) is 6.61 Å². The van der Waals surface area contributed by atoms with E-state index in [2.05, 4.69) is 25.7 Å². The second kappa shape index (κ2) is 5.38. The van der Waals surface area contributed by atoms with E-state index in [1.165, 1.54) is 18.6 Å². The van der Waals surface area contributed by atoms with Crippen molar-refractivity contribution in [2.45, 2.75) is 44.4 Å². The van der Waals surface area contributed by atoms with Crippen LogP contribution in [0.5, 0.6) is 0 Å². The first-order chi connectivity index (χ1) is 6.53. The standard InChI is InChI=1S/C11H23NOS/c1-11(2,3)14-9-7-12(6-8-13)10-4-5-10/h10,13H,4-9H2,1-3H3. The third-order valence-electron chi connectivity index (χ3n) is 2.36. The van der Waals surface area contributed by atoms with E-state index in [1.807, 2.05) is 11.8 Å². The lowest BCUT2D eigenvalue weighted by Gasteiger charge is -2.23. The van der Waals surface area contributed by atoms with Crippen molar-refractivity contribution < 1.29 is 5.11 Å². The summed E-state index contributed by atoms with van der Waals surface area (Å²) in [5.41, 5.74) is 0. The van der Waals surface area contributed by atoms with Gasteiger partial charge in [0.15, 0.2) is 0 Å². The highest BCUT2D eigenvalue weighted by Gasteiger charge is 2.28. The van der Waals surface area contributed by atoms with E-state index in [0.717, 1.165) is 19.1 Å². The summed E-state index contributed by atoms with van der Waals surface area (Å²) in [6.45, 7) is 9.06. The molecule has 14 heavy (non-hydrogen) atoms. The van der Waals surface area contributed by atoms with Gasteiger partial charge in [-0.05, 0) is 12.8 Å². The van der Waals surface area contributed by atoms with E-state index in [4.69, 9.17) is 5.11 Å². The molecule has 0 amide bonds. The molecule has 1 aliphatic rings. The van der Waals surface area contributed by atoms with Crippen LogP contribution in [0.25, 0.3) is 0 Å². The second-order valence-corrected chi connectivity index (χ2v) is 6.87. The van der Waals surface area contributed by atoms with E-state index in [0.29, 0.717) is 11.4 Å². The summed E-state index contributed by atoms with van der Waals surface area (Å²) in [4.78, 5) is 2.43. The average molecular weight is 217 g/mol. The molecule has 3 heteroatoms. The zero-order chi connectivity index (χ0) is 10.6. The van der Waals surface area contributed by atoms with Crippen molar-refractivity contribution in [3.05, 3.63) is 0 Å². The zero-order valence-electron chi connectivity index (χ0n) is 9.62. The van der Waals surface area contributed by atoms with Crippen molar-refractivity contribution in [3.8, 4) is 0 Å². The molecule has 0 spiro atoms. The Balaban J connectivity index is 2.13. The van der Waals surface area contributed by atoms with Gasteiger partial charge in [0.2, 0.25) is 0 Å². The third kappa shape index (κ3) is 5.23. The molecule has 1 saturated carbocycles. The number of hydrogen-bond donors (Lipinski definition) is 1. The summed E-state index contributed by atoms with van der Waals surface area (Å²) >= 11 is 2.01. The molecular weight excluding hydrogens is 194 g/mol. The van der Waals surface area contributed by atoms with Gasteiger partial charge in [0.25, 0.3) is 0 Å². The Labute approximate surface area is 92.1 Å². The Morgan fingerprint density at radius 2 is 1.93 bits per heavy atom. The predicted molar refractivity (Wildman–Crippen MR) is 63.9 cm³/mol. The van der Waals surface area contributed by atoms with Crippen molar-refractivity contribution in [3.63, 3.8) is 0 Å². The van der Waals surface area contributed by atoms with Crippen LogP contribution in [0.3, 0.4) is 0 Å². The van der Waals surface area contributed by atoms with Crippen LogP contribution in [0.15, 0.2) is 0 Å². The zero-order valence-corrected chi connectivity index (χ0v) is 10.4. The van der Waals surface area contributed by atoms with Crippen molar-refractivity contribution in [1.29, 1.82) is 0 Å². The summed E-state index contributed by atoms with van der Waals surface area (Å²) in [7, 11) is 0. The highest BCUT2D eigenvalue weighted by Crippen LogP contribution is 2.28. The summed E-state index contributed by atoms with van der Waals surface area (Å²) in [6.07, 6.45) is 2.67. The predicted octanol–water partition coefficient (Wildman–Crippen LogP) is 1.97. The van der Waals surface area contributed by atoms with Crippen molar-refractivity contribution in [2.24, 2.45) is 0 Å². The van der Waals surface area contributed by atoms with Gasteiger partial charge in [-0.25, -0.2) is 0 Å². The molecule has 1 fully saturated rings. The maximum atomic E-state index is 8.92. The van der Waals surface area contributed by atoms with Gasteiger partial charge in [-0.1, -0.05) is 20.8 Å². The Bertz CT molecular complexity index is 163. The molecular formula is C11H23NOS. The van der Waals surface area contributed by atoms with Gasteiger partial charge in [0, 0.05) is 29.6 Å². The van der Waals surface area contributed by atoms with Gasteiger partial charge in [-0.2, -0.15) is 11.8 Å². The highest BCUT2D eigenvalue weighted by atomic mass is 32.2. The number of nitrogens with zero attached hydrogens (tertiary/aromatic N) is 1. The normalized spacial score (nSPS) is 17.8. The molecule has 0 radical (unpaired) electrons. The molecule has 1 N–H and O–H groups in total. The fourth-order valence-electron chi connectivity index (χ4n) is 1.51. The van der Waals surface area contributed by atoms with E-state index in [1.54, 1.807) is 0 Å². The topological polar surface area (TPSA) is 23.5 Å². The Morgan fingerprint density at radius 3 is 2.36 bits per heavy atom. The monoisotopic (exact) mass is 217 g/mol. The van der Waals surface area contributed by atoms with Crippen LogP contribution in [0.4, 0.5) is 0 Å². The minimum Gasteiger partial charge on any atom is -0.395 e. The summed E-state index contributed by atoms with van der Waals surface area (Å²) < 4.78 is 0.369. The minimum absolute atomic E-state index is 0.302. The molecule has 0 unspecified atom stereocenters. The Hall–Kier alpha value is 0.270. The molecule has 0 atom stereocenters. The molecule has 0 saturated heterocycles. The maximum Gasteiger partial charge on any atom is 0.0558 e. The van der Waals surface area contributed by atoms with Gasteiger partial charge < -0.3 is 5.11 Å². The first-order valence-corrected chi connectivity index (χ1v) is 6.50. The molecule has 0 aromatic carbocycles. The lowest BCUT2D eigenvalue weighted by molar-refractivity contribution is 0.197. The van der Waals surface area contributed by atoms with Gasteiger partial charge in [-0.3, -0.25) is 4.90 Å². The molecule has 1 rings (SSSR count). The SMILES string of the molecule is CC(C)(C)SCCN(CCO)C1CC1. The number of thioether (sulfide) groups is 1. The number of aliphatic hydroxyl groups is 1. The number of rotatable bonds is 6. The van der Waals surface area contributed by atoms with E-state index < -0.39 is 0 Å². The fraction of sp³-hybridized carbons (Fsp3) is 1.00. The van der Waals surface area contributed by atoms with E-state index in [9.17, 15) is 0 Å². The smallest absolute Gasteiger partial charge is 0.0558 e. The molecule has 0 aromatic rings. The van der Waals surface area contributed by atoms with Crippen LogP contribution in [0.1, 0.15) is 33.6 Å². The largest absolute Gasteiger partial charge is 0.395 e. The molecule has 2 nitrogen and oxygen atoms in total. The first-order valence-electron chi connectivity index (χ1n) is 5.52. The second-order valence-electron chi connectivity index (χ2n) is 4.95. The van der Waals surface area contributed by atoms with Crippen molar-refractivity contribution >= 4 is 11.8 Å². The molecule has 0 bridgehead atoms. The van der Waals surface area contributed by atoms with Gasteiger partial charge >= 0.3 is 0 Å².